The largest absolute Gasteiger partial charge is 0.479 e. The first-order valence-electron chi connectivity index (χ1n) is 6.09. The average molecular weight is 248 g/mol. The standard InChI is InChI=1S/C15H20O3/c1-4-5-11-18-15(12(2)3,14(16)17)13-9-7-6-8-10-13/h4,6-10,12H,1,5,11H2,2-3H3,(H,16,17). The second kappa shape index (κ2) is 6.36. The van der Waals surface area contributed by atoms with Crippen LogP contribution in [0.15, 0.2) is 43.0 Å². The highest BCUT2D eigenvalue weighted by molar-refractivity contribution is 5.79. The van der Waals surface area contributed by atoms with E-state index in [0.717, 1.165) is 0 Å². The maximum absolute atomic E-state index is 11.7. The molecular weight excluding hydrogens is 228 g/mol. The lowest BCUT2D eigenvalue weighted by atomic mass is 9.83. The van der Waals surface area contributed by atoms with E-state index < -0.39 is 11.6 Å². The van der Waals surface area contributed by atoms with Crippen molar-refractivity contribution in [2.24, 2.45) is 5.92 Å². The lowest BCUT2D eigenvalue weighted by Gasteiger charge is -2.33. The summed E-state index contributed by atoms with van der Waals surface area (Å²) in [5.41, 5.74) is -0.610. The number of carboxylic acid groups (broad SMARTS) is 1. The fraction of sp³-hybridized carbons (Fsp3) is 0.400. The van der Waals surface area contributed by atoms with Crippen molar-refractivity contribution in [1.82, 2.24) is 0 Å². The van der Waals surface area contributed by atoms with Gasteiger partial charge in [0.25, 0.3) is 0 Å². The molecule has 98 valence electrons. The van der Waals surface area contributed by atoms with E-state index in [1.165, 1.54) is 0 Å². The maximum atomic E-state index is 11.7. The van der Waals surface area contributed by atoms with Gasteiger partial charge in [-0.15, -0.1) is 6.58 Å². The second-order valence-corrected chi connectivity index (χ2v) is 4.49. The number of ether oxygens (including phenoxy) is 1. The Kier molecular flexibility index (Phi) is 5.10. The van der Waals surface area contributed by atoms with Gasteiger partial charge in [0.15, 0.2) is 5.60 Å². The van der Waals surface area contributed by atoms with E-state index >= 15 is 0 Å². The predicted octanol–water partition coefficient (Wildman–Crippen LogP) is 3.22. The minimum absolute atomic E-state index is 0.165. The first-order chi connectivity index (χ1) is 8.55. The molecule has 0 aliphatic heterocycles. The Hall–Kier alpha value is -1.61. The van der Waals surface area contributed by atoms with Gasteiger partial charge < -0.3 is 9.84 Å². The molecule has 0 saturated heterocycles. The summed E-state index contributed by atoms with van der Waals surface area (Å²) in [5, 5.41) is 9.60. The molecular formula is C15H20O3. The van der Waals surface area contributed by atoms with Crippen LogP contribution in [0.2, 0.25) is 0 Å². The minimum Gasteiger partial charge on any atom is -0.479 e. The van der Waals surface area contributed by atoms with Gasteiger partial charge in [-0.25, -0.2) is 4.79 Å². The lowest BCUT2D eigenvalue weighted by molar-refractivity contribution is -0.175. The summed E-state index contributed by atoms with van der Waals surface area (Å²) >= 11 is 0. The molecule has 1 rings (SSSR count). The topological polar surface area (TPSA) is 46.5 Å². The van der Waals surface area contributed by atoms with Gasteiger partial charge >= 0.3 is 5.97 Å². The molecule has 3 heteroatoms. The molecule has 1 aromatic rings. The highest BCUT2D eigenvalue weighted by Gasteiger charge is 2.44. The van der Waals surface area contributed by atoms with E-state index in [2.05, 4.69) is 6.58 Å². The Morgan fingerprint density at radius 3 is 2.50 bits per heavy atom. The van der Waals surface area contributed by atoms with Gasteiger partial charge in [0.1, 0.15) is 0 Å². The highest BCUT2D eigenvalue weighted by atomic mass is 16.5. The Bertz CT molecular complexity index is 397. The average Bonchev–Trinajstić information content (AvgIpc) is 2.35. The normalized spacial score (nSPS) is 14.2. The Balaban J connectivity index is 3.14. The van der Waals surface area contributed by atoms with Crippen LogP contribution in [0.3, 0.4) is 0 Å². The third-order valence-corrected chi connectivity index (χ3v) is 2.99. The van der Waals surface area contributed by atoms with Gasteiger partial charge in [-0.2, -0.15) is 0 Å². The third kappa shape index (κ3) is 2.79. The monoisotopic (exact) mass is 248 g/mol. The van der Waals surface area contributed by atoms with E-state index in [-0.39, 0.29) is 5.92 Å². The van der Waals surface area contributed by atoms with E-state index in [1.807, 2.05) is 32.0 Å². The molecule has 0 radical (unpaired) electrons. The van der Waals surface area contributed by atoms with Crippen LogP contribution in [-0.2, 0) is 15.1 Å². The molecule has 0 aromatic heterocycles. The van der Waals surface area contributed by atoms with Crippen LogP contribution in [0.4, 0.5) is 0 Å². The van der Waals surface area contributed by atoms with E-state index in [1.54, 1.807) is 18.2 Å². The zero-order valence-electron chi connectivity index (χ0n) is 10.9. The summed E-state index contributed by atoms with van der Waals surface area (Å²) in [4.78, 5) is 11.7. The molecule has 0 spiro atoms. The van der Waals surface area contributed by atoms with Crippen LogP contribution in [0.1, 0.15) is 25.8 Å². The minimum atomic E-state index is -1.29. The van der Waals surface area contributed by atoms with Crippen molar-refractivity contribution in [2.75, 3.05) is 6.61 Å². The molecule has 1 atom stereocenters. The molecule has 0 aliphatic carbocycles. The van der Waals surface area contributed by atoms with Crippen molar-refractivity contribution < 1.29 is 14.6 Å². The predicted molar refractivity (Wildman–Crippen MR) is 71.4 cm³/mol. The summed E-state index contributed by atoms with van der Waals surface area (Å²) < 4.78 is 5.71. The van der Waals surface area contributed by atoms with Crippen LogP contribution < -0.4 is 0 Å². The molecule has 0 heterocycles. The number of benzene rings is 1. The summed E-state index contributed by atoms with van der Waals surface area (Å²) in [6, 6.07) is 9.10. The van der Waals surface area contributed by atoms with Crippen molar-refractivity contribution >= 4 is 5.97 Å². The second-order valence-electron chi connectivity index (χ2n) is 4.49. The number of hydrogen-bond acceptors (Lipinski definition) is 2. The third-order valence-electron chi connectivity index (χ3n) is 2.99. The highest BCUT2D eigenvalue weighted by Crippen LogP contribution is 2.34. The van der Waals surface area contributed by atoms with Crippen LogP contribution in [0, 0.1) is 5.92 Å². The molecule has 0 amide bonds. The number of carboxylic acids is 1. The Morgan fingerprint density at radius 1 is 1.44 bits per heavy atom. The molecule has 0 aliphatic rings. The van der Waals surface area contributed by atoms with Crippen LogP contribution in [0.5, 0.6) is 0 Å². The smallest absolute Gasteiger partial charge is 0.340 e. The van der Waals surface area contributed by atoms with Gasteiger partial charge in [-0.05, 0) is 17.9 Å². The SMILES string of the molecule is C=CCCOC(C(=O)O)(c1ccccc1)C(C)C. The zero-order chi connectivity index (χ0) is 13.6. The van der Waals surface area contributed by atoms with E-state index in [4.69, 9.17) is 4.74 Å². The molecule has 0 fully saturated rings. The molecule has 18 heavy (non-hydrogen) atoms. The molecule has 0 saturated carbocycles. The molecule has 1 unspecified atom stereocenters. The van der Waals surface area contributed by atoms with Gasteiger partial charge in [0, 0.05) is 0 Å². The molecule has 3 nitrogen and oxygen atoms in total. The number of rotatable bonds is 7. The first kappa shape index (κ1) is 14.5. The summed E-state index contributed by atoms with van der Waals surface area (Å²) in [7, 11) is 0. The zero-order valence-corrected chi connectivity index (χ0v) is 10.9. The fourth-order valence-corrected chi connectivity index (χ4v) is 2.00. The number of aliphatic carboxylic acids is 1. The first-order valence-corrected chi connectivity index (χ1v) is 6.09. The molecule has 1 N–H and O–H groups in total. The quantitative estimate of drug-likeness (QED) is 0.595. The van der Waals surface area contributed by atoms with Crippen molar-refractivity contribution in [1.29, 1.82) is 0 Å². The van der Waals surface area contributed by atoms with Gasteiger partial charge in [0.2, 0.25) is 0 Å². The Morgan fingerprint density at radius 2 is 2.06 bits per heavy atom. The number of hydrogen-bond donors (Lipinski definition) is 1. The number of carbonyl (C=O) groups is 1. The van der Waals surface area contributed by atoms with Crippen molar-refractivity contribution in [3.05, 3.63) is 48.6 Å². The van der Waals surface area contributed by atoms with Crippen molar-refractivity contribution in [2.45, 2.75) is 25.9 Å². The van der Waals surface area contributed by atoms with E-state index in [0.29, 0.717) is 18.6 Å². The molecule has 1 aromatic carbocycles. The van der Waals surface area contributed by atoms with Crippen molar-refractivity contribution in [3.63, 3.8) is 0 Å². The molecule has 0 bridgehead atoms. The maximum Gasteiger partial charge on any atom is 0.340 e. The summed E-state index contributed by atoms with van der Waals surface area (Å²) in [6.45, 7) is 7.68. The summed E-state index contributed by atoms with van der Waals surface area (Å²) in [6.07, 6.45) is 2.35. The lowest BCUT2D eigenvalue weighted by Crippen LogP contribution is -2.43. The summed E-state index contributed by atoms with van der Waals surface area (Å²) in [5.74, 6) is -1.12. The van der Waals surface area contributed by atoms with Crippen molar-refractivity contribution in [3.8, 4) is 0 Å². The van der Waals surface area contributed by atoms with Gasteiger partial charge in [-0.1, -0.05) is 50.3 Å². The van der Waals surface area contributed by atoms with E-state index in [9.17, 15) is 9.90 Å². The Labute approximate surface area is 108 Å². The van der Waals surface area contributed by atoms with Gasteiger partial charge in [0.05, 0.1) is 6.61 Å². The fourth-order valence-electron chi connectivity index (χ4n) is 2.00. The van der Waals surface area contributed by atoms with Crippen LogP contribution in [0.25, 0.3) is 0 Å². The van der Waals surface area contributed by atoms with Crippen LogP contribution >= 0.6 is 0 Å². The van der Waals surface area contributed by atoms with Gasteiger partial charge in [-0.3, -0.25) is 0 Å². The van der Waals surface area contributed by atoms with Crippen LogP contribution in [-0.4, -0.2) is 17.7 Å².